The van der Waals surface area contributed by atoms with Gasteiger partial charge in [-0.3, -0.25) is 4.79 Å². The highest BCUT2D eigenvalue weighted by atomic mass is 35.5. The highest BCUT2D eigenvalue weighted by Gasteiger charge is 2.44. The third kappa shape index (κ3) is 2.06. The van der Waals surface area contributed by atoms with E-state index in [1.54, 1.807) is 12.3 Å². The maximum atomic E-state index is 12.2. The number of halogens is 1. The van der Waals surface area contributed by atoms with Crippen molar-refractivity contribution >= 4 is 28.2 Å². The van der Waals surface area contributed by atoms with E-state index in [9.17, 15) is 10.1 Å². The zero-order valence-corrected chi connectivity index (χ0v) is 12.8. The normalized spacial score (nSPS) is 19.4. The monoisotopic (exact) mass is 314 g/mol. The van der Waals surface area contributed by atoms with Gasteiger partial charge in [0, 0.05) is 18.5 Å². The summed E-state index contributed by atoms with van der Waals surface area (Å²) in [6.45, 7) is 1.76. The minimum absolute atomic E-state index is 0.168. The molecule has 3 heterocycles. The Morgan fingerprint density at radius 1 is 1.32 bits per heavy atom. The molecule has 0 atom stereocenters. The molecule has 1 aliphatic heterocycles. The molecule has 1 saturated carbocycles. The number of rotatable bonds is 1. The summed E-state index contributed by atoms with van der Waals surface area (Å²) in [4.78, 5) is 21.1. The summed E-state index contributed by atoms with van der Waals surface area (Å²) in [7, 11) is 0. The van der Waals surface area contributed by atoms with E-state index >= 15 is 0 Å². The molecular weight excluding hydrogens is 300 g/mol. The Labute approximate surface area is 132 Å². The lowest BCUT2D eigenvalue weighted by Crippen LogP contribution is -2.36. The lowest BCUT2D eigenvalue weighted by atomic mass is 9.93. The van der Waals surface area contributed by atoms with E-state index in [1.807, 2.05) is 0 Å². The summed E-state index contributed by atoms with van der Waals surface area (Å²) in [5, 5.41) is 10.6. The lowest BCUT2D eigenvalue weighted by Gasteiger charge is -2.34. The smallest absolute Gasteiger partial charge is 0.268 e. The van der Waals surface area contributed by atoms with Crippen LogP contribution in [0.2, 0.25) is 5.15 Å². The van der Waals surface area contributed by atoms with Gasteiger partial charge in [-0.1, -0.05) is 11.6 Å². The largest absolute Gasteiger partial charge is 0.370 e. The molecule has 0 aromatic carbocycles. The molecule has 6 heteroatoms. The summed E-state index contributed by atoms with van der Waals surface area (Å²) in [6.07, 6.45) is 6.45. The fraction of sp³-hybridized carbons (Fsp3) is 0.438. The van der Waals surface area contributed by atoms with Crippen LogP contribution in [0.1, 0.15) is 31.2 Å². The van der Waals surface area contributed by atoms with Gasteiger partial charge in [0.1, 0.15) is 16.8 Å². The van der Waals surface area contributed by atoms with Gasteiger partial charge in [0.2, 0.25) is 0 Å². The minimum Gasteiger partial charge on any atom is -0.370 e. The average Bonchev–Trinajstić information content (AvgIpc) is 3.27. The highest BCUT2D eigenvalue weighted by molar-refractivity contribution is 6.30. The molecule has 2 aromatic heterocycles. The van der Waals surface area contributed by atoms with Crippen LogP contribution in [0.4, 0.5) is 5.69 Å². The second-order valence-corrected chi connectivity index (χ2v) is 6.72. The van der Waals surface area contributed by atoms with Crippen LogP contribution in [0.5, 0.6) is 0 Å². The van der Waals surface area contributed by atoms with Crippen molar-refractivity contribution in [1.82, 2.24) is 9.97 Å². The number of nitrogens with one attached hydrogen (secondary N) is 1. The molecule has 0 amide bonds. The minimum atomic E-state index is -0.360. The van der Waals surface area contributed by atoms with Crippen LogP contribution >= 0.6 is 11.6 Å². The average molecular weight is 315 g/mol. The van der Waals surface area contributed by atoms with Gasteiger partial charge >= 0.3 is 0 Å². The number of nitrogens with zero attached hydrogens (tertiary/aromatic N) is 3. The van der Waals surface area contributed by atoms with Crippen LogP contribution in [0.15, 0.2) is 17.1 Å². The van der Waals surface area contributed by atoms with Crippen LogP contribution in [0.25, 0.3) is 10.9 Å². The van der Waals surface area contributed by atoms with E-state index in [1.165, 1.54) is 12.8 Å². The van der Waals surface area contributed by atoms with E-state index < -0.39 is 0 Å². The molecule has 1 aliphatic carbocycles. The van der Waals surface area contributed by atoms with E-state index in [0.717, 1.165) is 31.3 Å². The van der Waals surface area contributed by atoms with Crippen LogP contribution in [-0.2, 0) is 0 Å². The van der Waals surface area contributed by atoms with Gasteiger partial charge in [0.25, 0.3) is 5.56 Å². The van der Waals surface area contributed by atoms with Crippen molar-refractivity contribution in [3.63, 3.8) is 0 Å². The molecule has 22 heavy (non-hydrogen) atoms. The van der Waals surface area contributed by atoms with E-state index in [4.69, 9.17) is 11.6 Å². The number of nitriles is 1. The van der Waals surface area contributed by atoms with Gasteiger partial charge in [-0.2, -0.15) is 5.26 Å². The Morgan fingerprint density at radius 2 is 2.05 bits per heavy atom. The number of aromatic amines is 1. The second-order valence-electron chi connectivity index (χ2n) is 6.33. The molecule has 0 radical (unpaired) electrons. The van der Waals surface area contributed by atoms with Gasteiger partial charge in [-0.05, 0) is 37.2 Å². The van der Waals surface area contributed by atoms with Gasteiger partial charge in [-0.15, -0.1) is 0 Å². The maximum Gasteiger partial charge on any atom is 0.268 e. The molecule has 2 aliphatic rings. The third-order valence-electron chi connectivity index (χ3n) is 5.05. The van der Waals surface area contributed by atoms with E-state index in [-0.39, 0.29) is 11.1 Å². The first-order chi connectivity index (χ1) is 10.6. The summed E-state index contributed by atoms with van der Waals surface area (Å²) >= 11 is 6.02. The number of anilines is 1. The summed E-state index contributed by atoms with van der Waals surface area (Å²) in [5.41, 5.74) is 1.68. The Balaban J connectivity index is 1.88. The van der Waals surface area contributed by atoms with Crippen molar-refractivity contribution in [3.05, 3.63) is 33.3 Å². The zero-order valence-electron chi connectivity index (χ0n) is 12.0. The molecule has 1 N–H and O–H groups in total. The summed E-state index contributed by atoms with van der Waals surface area (Å²) in [6, 6.07) is 3.79. The molecule has 0 unspecified atom stereocenters. The molecule has 0 bridgehead atoms. The highest BCUT2D eigenvalue weighted by Crippen LogP contribution is 2.54. The number of pyridine rings is 2. The fourth-order valence-corrected chi connectivity index (χ4v) is 3.62. The second kappa shape index (κ2) is 4.72. The van der Waals surface area contributed by atoms with Crippen molar-refractivity contribution in [2.45, 2.75) is 25.7 Å². The molecule has 2 aromatic rings. The predicted molar refractivity (Wildman–Crippen MR) is 85.2 cm³/mol. The SMILES string of the molecule is N#Cc1c(N2CCC3(CC2)CC3)c2cc(Cl)ncc2[nH]c1=O. The molecule has 5 nitrogen and oxygen atoms in total. The summed E-state index contributed by atoms with van der Waals surface area (Å²) < 4.78 is 0. The Morgan fingerprint density at radius 3 is 2.68 bits per heavy atom. The van der Waals surface area contributed by atoms with Crippen molar-refractivity contribution in [2.24, 2.45) is 5.41 Å². The van der Waals surface area contributed by atoms with E-state index in [0.29, 0.717) is 21.8 Å². The predicted octanol–water partition coefficient (Wildman–Crippen LogP) is 2.83. The van der Waals surface area contributed by atoms with Gasteiger partial charge in [0.05, 0.1) is 17.4 Å². The van der Waals surface area contributed by atoms with E-state index in [2.05, 4.69) is 20.9 Å². The first-order valence-electron chi connectivity index (χ1n) is 7.48. The quantitative estimate of drug-likeness (QED) is 0.821. The first kappa shape index (κ1) is 13.6. The summed E-state index contributed by atoms with van der Waals surface area (Å²) in [5.74, 6) is 0. The zero-order chi connectivity index (χ0) is 15.3. The lowest BCUT2D eigenvalue weighted by molar-refractivity contribution is 0.385. The van der Waals surface area contributed by atoms with Crippen molar-refractivity contribution in [2.75, 3.05) is 18.0 Å². The van der Waals surface area contributed by atoms with Crippen molar-refractivity contribution < 1.29 is 0 Å². The molecule has 1 spiro atoms. The van der Waals surface area contributed by atoms with Crippen molar-refractivity contribution in [1.29, 1.82) is 5.26 Å². The third-order valence-corrected chi connectivity index (χ3v) is 5.25. The molecular formula is C16H15ClN4O. The fourth-order valence-electron chi connectivity index (χ4n) is 3.47. The van der Waals surface area contributed by atoms with Gasteiger partial charge in [0.15, 0.2) is 0 Å². The molecule has 1 saturated heterocycles. The van der Waals surface area contributed by atoms with Crippen LogP contribution in [-0.4, -0.2) is 23.1 Å². The molecule has 2 fully saturated rings. The number of aromatic nitrogens is 2. The number of H-pyrrole nitrogens is 1. The number of fused-ring (bicyclic) bond motifs is 1. The molecule has 112 valence electrons. The van der Waals surface area contributed by atoms with Crippen LogP contribution in [0, 0.1) is 16.7 Å². The number of hydrogen-bond donors (Lipinski definition) is 1. The first-order valence-corrected chi connectivity index (χ1v) is 7.86. The Kier molecular flexibility index (Phi) is 2.92. The van der Waals surface area contributed by atoms with Gasteiger partial charge < -0.3 is 9.88 Å². The number of piperidine rings is 1. The maximum absolute atomic E-state index is 12.2. The number of hydrogen-bond acceptors (Lipinski definition) is 4. The standard InChI is InChI=1S/C16H15ClN4O/c17-13-7-10-12(9-19-13)20-15(22)11(8-18)14(10)21-5-3-16(1-2-16)4-6-21/h7,9H,1-6H2,(H,20,22). The van der Waals surface area contributed by atoms with Crippen LogP contribution in [0.3, 0.4) is 0 Å². The van der Waals surface area contributed by atoms with Gasteiger partial charge in [-0.25, -0.2) is 4.98 Å². The van der Waals surface area contributed by atoms with Crippen molar-refractivity contribution in [3.8, 4) is 6.07 Å². The Bertz CT molecular complexity index is 853. The topological polar surface area (TPSA) is 72.8 Å². The van der Waals surface area contributed by atoms with Crippen LogP contribution < -0.4 is 10.5 Å². The molecule has 4 rings (SSSR count). The Hall–Kier alpha value is -2.06.